The van der Waals surface area contributed by atoms with Crippen molar-refractivity contribution in [2.75, 3.05) is 26.7 Å². The lowest BCUT2D eigenvalue weighted by Gasteiger charge is -2.43. The first kappa shape index (κ1) is 25.5. The summed E-state index contributed by atoms with van der Waals surface area (Å²) >= 11 is 0. The van der Waals surface area contributed by atoms with Gasteiger partial charge in [0.15, 0.2) is 5.96 Å². The third-order valence-corrected chi connectivity index (χ3v) is 5.15. The van der Waals surface area contributed by atoms with Crippen molar-refractivity contribution in [1.29, 1.82) is 0 Å². The summed E-state index contributed by atoms with van der Waals surface area (Å²) in [7, 11) is 1.63. The fourth-order valence-electron chi connectivity index (χ4n) is 3.32. The molecule has 1 saturated carbocycles. The highest BCUT2D eigenvalue weighted by Crippen LogP contribution is 2.44. The van der Waals surface area contributed by atoms with Crippen LogP contribution in [-0.4, -0.2) is 38.5 Å². The number of halogens is 4. The van der Waals surface area contributed by atoms with E-state index in [1.807, 2.05) is 6.92 Å². The molecular weight excluding hydrogens is 496 g/mol. The molecule has 0 heterocycles. The molecule has 2 rings (SSSR count). The second-order valence-corrected chi connectivity index (χ2v) is 7.16. The zero-order valence-corrected chi connectivity index (χ0v) is 19.2. The number of alkyl halides is 3. The number of rotatable bonds is 8. The van der Waals surface area contributed by atoms with Crippen LogP contribution in [0.2, 0.25) is 0 Å². The Morgan fingerprint density at radius 2 is 1.90 bits per heavy atom. The monoisotopic (exact) mass is 526 g/mol. The van der Waals surface area contributed by atoms with E-state index in [4.69, 9.17) is 0 Å². The average molecular weight is 526 g/mol. The van der Waals surface area contributed by atoms with Gasteiger partial charge in [0.05, 0.1) is 5.56 Å². The lowest BCUT2D eigenvalue weighted by Crippen LogP contribution is -2.49. The molecule has 0 radical (unpaired) electrons. The Morgan fingerprint density at radius 1 is 1.17 bits per heavy atom. The highest BCUT2D eigenvalue weighted by atomic mass is 127. The highest BCUT2D eigenvalue weighted by molar-refractivity contribution is 14.0. The molecule has 0 aromatic heterocycles. The molecule has 0 unspecified atom stereocenters. The van der Waals surface area contributed by atoms with Crippen LogP contribution in [0, 0.1) is 0 Å². The largest absolute Gasteiger partial charge is 0.416 e. The van der Waals surface area contributed by atoms with E-state index in [0.29, 0.717) is 37.6 Å². The Labute approximate surface area is 187 Å². The third-order valence-electron chi connectivity index (χ3n) is 5.15. The molecule has 1 aromatic carbocycles. The molecule has 1 amide bonds. The Kier molecular flexibility index (Phi) is 10.2. The van der Waals surface area contributed by atoms with E-state index in [0.717, 1.165) is 31.7 Å². The SMILES string of the molecule is CCCNC(=O)CCNC(=NC)NCC1(c2cccc(C(F)(F)F)c2)CCC1.I. The Bertz CT molecular complexity index is 691. The molecule has 3 N–H and O–H groups in total. The molecule has 1 aliphatic rings. The summed E-state index contributed by atoms with van der Waals surface area (Å²) < 4.78 is 39.2. The second-order valence-electron chi connectivity index (χ2n) is 7.16. The van der Waals surface area contributed by atoms with Gasteiger partial charge in [0.2, 0.25) is 5.91 Å². The number of hydrogen-bond donors (Lipinski definition) is 3. The summed E-state index contributed by atoms with van der Waals surface area (Å²) in [5, 5.41) is 9.10. The van der Waals surface area contributed by atoms with E-state index in [1.165, 1.54) is 12.1 Å². The number of nitrogens with zero attached hydrogens (tertiary/aromatic N) is 1. The van der Waals surface area contributed by atoms with E-state index in [1.54, 1.807) is 13.1 Å². The van der Waals surface area contributed by atoms with Crippen LogP contribution in [0.5, 0.6) is 0 Å². The molecule has 29 heavy (non-hydrogen) atoms. The van der Waals surface area contributed by atoms with Gasteiger partial charge >= 0.3 is 6.18 Å². The van der Waals surface area contributed by atoms with E-state index in [9.17, 15) is 18.0 Å². The van der Waals surface area contributed by atoms with E-state index in [2.05, 4.69) is 20.9 Å². The summed E-state index contributed by atoms with van der Waals surface area (Å²) in [6.07, 6.45) is -0.471. The van der Waals surface area contributed by atoms with Crippen molar-refractivity contribution in [2.24, 2.45) is 4.99 Å². The maximum absolute atomic E-state index is 13.1. The van der Waals surface area contributed by atoms with Crippen molar-refractivity contribution in [1.82, 2.24) is 16.0 Å². The van der Waals surface area contributed by atoms with Gasteiger partial charge in [-0.3, -0.25) is 9.79 Å². The van der Waals surface area contributed by atoms with Crippen LogP contribution in [-0.2, 0) is 16.4 Å². The van der Waals surface area contributed by atoms with Crippen LogP contribution in [0.4, 0.5) is 13.2 Å². The van der Waals surface area contributed by atoms with Crippen molar-refractivity contribution in [3.63, 3.8) is 0 Å². The smallest absolute Gasteiger partial charge is 0.356 e. The lowest BCUT2D eigenvalue weighted by molar-refractivity contribution is -0.137. The summed E-state index contributed by atoms with van der Waals surface area (Å²) in [6, 6.07) is 5.60. The Morgan fingerprint density at radius 3 is 2.45 bits per heavy atom. The van der Waals surface area contributed by atoms with Gasteiger partial charge in [-0.25, -0.2) is 0 Å². The zero-order valence-electron chi connectivity index (χ0n) is 16.9. The molecule has 1 aliphatic carbocycles. The van der Waals surface area contributed by atoms with Gasteiger partial charge in [-0.05, 0) is 30.9 Å². The summed E-state index contributed by atoms with van der Waals surface area (Å²) in [5.74, 6) is 0.519. The number of guanidine groups is 1. The molecular formula is C20H30F3IN4O. The minimum atomic E-state index is -4.34. The van der Waals surface area contributed by atoms with Crippen molar-refractivity contribution in [3.8, 4) is 0 Å². The molecule has 9 heteroatoms. The molecule has 0 atom stereocenters. The predicted octanol–water partition coefficient (Wildman–Crippen LogP) is 3.83. The molecule has 0 bridgehead atoms. The summed E-state index contributed by atoms with van der Waals surface area (Å²) in [6.45, 7) is 3.58. The minimum Gasteiger partial charge on any atom is -0.356 e. The number of nitrogens with one attached hydrogen (secondary N) is 3. The fourth-order valence-corrected chi connectivity index (χ4v) is 3.32. The van der Waals surface area contributed by atoms with Crippen molar-refractivity contribution < 1.29 is 18.0 Å². The quantitative estimate of drug-likeness (QED) is 0.274. The van der Waals surface area contributed by atoms with E-state index >= 15 is 0 Å². The number of hydrogen-bond acceptors (Lipinski definition) is 2. The van der Waals surface area contributed by atoms with Crippen LogP contribution in [0.1, 0.15) is 50.2 Å². The number of carbonyl (C=O) groups is 1. The number of amides is 1. The maximum atomic E-state index is 13.1. The van der Waals surface area contributed by atoms with Gasteiger partial charge in [0.1, 0.15) is 0 Å². The Hall–Kier alpha value is -1.52. The van der Waals surface area contributed by atoms with Crippen molar-refractivity contribution in [3.05, 3.63) is 35.4 Å². The van der Waals surface area contributed by atoms with Crippen LogP contribution in [0.15, 0.2) is 29.3 Å². The topological polar surface area (TPSA) is 65.5 Å². The number of aliphatic imine (C=N–C) groups is 1. The van der Waals surface area contributed by atoms with Crippen LogP contribution in [0.25, 0.3) is 0 Å². The first-order chi connectivity index (χ1) is 13.3. The lowest BCUT2D eigenvalue weighted by atomic mass is 9.64. The second kappa shape index (κ2) is 11.6. The number of carbonyl (C=O) groups excluding carboxylic acids is 1. The van der Waals surface area contributed by atoms with E-state index < -0.39 is 11.7 Å². The fraction of sp³-hybridized carbons (Fsp3) is 0.600. The highest BCUT2D eigenvalue weighted by Gasteiger charge is 2.40. The van der Waals surface area contributed by atoms with Crippen LogP contribution < -0.4 is 16.0 Å². The van der Waals surface area contributed by atoms with Crippen LogP contribution >= 0.6 is 24.0 Å². The first-order valence-corrected chi connectivity index (χ1v) is 9.70. The van der Waals surface area contributed by atoms with Gasteiger partial charge in [0, 0.05) is 38.5 Å². The van der Waals surface area contributed by atoms with Gasteiger partial charge in [0.25, 0.3) is 0 Å². The zero-order chi connectivity index (χ0) is 20.6. The summed E-state index contributed by atoms with van der Waals surface area (Å²) in [5.41, 5.74) is -0.232. The predicted molar refractivity (Wildman–Crippen MR) is 120 cm³/mol. The summed E-state index contributed by atoms with van der Waals surface area (Å²) in [4.78, 5) is 15.8. The molecule has 5 nitrogen and oxygen atoms in total. The average Bonchev–Trinajstić information content (AvgIpc) is 2.63. The normalized spacial score (nSPS) is 15.7. The van der Waals surface area contributed by atoms with E-state index in [-0.39, 0.29) is 35.3 Å². The van der Waals surface area contributed by atoms with Gasteiger partial charge in [-0.2, -0.15) is 13.2 Å². The molecule has 0 aliphatic heterocycles. The molecule has 1 aromatic rings. The maximum Gasteiger partial charge on any atom is 0.416 e. The molecule has 164 valence electrons. The van der Waals surface area contributed by atoms with Gasteiger partial charge in [-0.1, -0.05) is 31.5 Å². The van der Waals surface area contributed by atoms with Gasteiger partial charge in [-0.15, -0.1) is 24.0 Å². The third kappa shape index (κ3) is 7.35. The van der Waals surface area contributed by atoms with Crippen molar-refractivity contribution in [2.45, 2.75) is 50.6 Å². The first-order valence-electron chi connectivity index (χ1n) is 9.70. The van der Waals surface area contributed by atoms with Gasteiger partial charge < -0.3 is 16.0 Å². The molecule has 0 spiro atoms. The number of benzene rings is 1. The minimum absolute atomic E-state index is 0. The van der Waals surface area contributed by atoms with Crippen molar-refractivity contribution >= 4 is 35.8 Å². The molecule has 1 fully saturated rings. The Balaban J connectivity index is 0.00000420. The standard InChI is InChI=1S/C20H29F3N4O.HI/c1-3-11-25-17(28)8-12-26-18(24-2)27-14-19(9-5-10-19)15-6-4-7-16(13-15)20(21,22)23;/h4,6-7,13H,3,5,8-12,14H2,1-2H3,(H,25,28)(H2,24,26,27);1H. The molecule has 0 saturated heterocycles. The van der Waals surface area contributed by atoms with Crippen LogP contribution in [0.3, 0.4) is 0 Å².